The van der Waals surface area contributed by atoms with E-state index in [4.69, 9.17) is 0 Å². The van der Waals surface area contributed by atoms with Crippen molar-refractivity contribution in [3.63, 3.8) is 0 Å². The fraction of sp³-hybridized carbons (Fsp3) is 0.500. The molecule has 2 atom stereocenters. The molecule has 0 spiro atoms. The Morgan fingerprint density at radius 3 is 2.94 bits per heavy atom. The molecule has 0 aliphatic heterocycles. The Hall–Kier alpha value is -1.89. The van der Waals surface area contributed by atoms with Gasteiger partial charge in [-0.05, 0) is 37.2 Å². The van der Waals surface area contributed by atoms with E-state index in [1.807, 2.05) is 6.07 Å². The van der Waals surface area contributed by atoms with Gasteiger partial charge < -0.3 is 0 Å². The molecule has 0 radical (unpaired) electrons. The maximum absolute atomic E-state index is 10.7. The normalized spacial score (nSPS) is 26.8. The largest absolute Gasteiger partial charge is 0.269 e. The molecule has 2 unspecified atom stereocenters. The van der Waals surface area contributed by atoms with Crippen molar-refractivity contribution in [2.45, 2.75) is 32.6 Å². The van der Waals surface area contributed by atoms with E-state index in [1.54, 1.807) is 12.1 Å². The fourth-order valence-corrected chi connectivity index (χ4v) is 2.87. The van der Waals surface area contributed by atoms with Crippen molar-refractivity contribution in [2.24, 2.45) is 11.3 Å². The quantitative estimate of drug-likeness (QED) is 0.604. The molecule has 1 aromatic carbocycles. The van der Waals surface area contributed by atoms with Gasteiger partial charge in [0, 0.05) is 12.1 Å². The summed E-state index contributed by atoms with van der Waals surface area (Å²) >= 11 is 0. The summed E-state index contributed by atoms with van der Waals surface area (Å²) in [7, 11) is 0. The van der Waals surface area contributed by atoms with E-state index in [0.29, 0.717) is 12.3 Å². The van der Waals surface area contributed by atoms with Gasteiger partial charge in [0.25, 0.3) is 5.69 Å². The van der Waals surface area contributed by atoms with Crippen LogP contribution in [0, 0.1) is 32.8 Å². The minimum absolute atomic E-state index is 0.103. The number of nitro benzene ring substituents is 1. The van der Waals surface area contributed by atoms with Crippen molar-refractivity contribution < 1.29 is 4.92 Å². The highest BCUT2D eigenvalue weighted by molar-refractivity contribution is 5.35. The first kappa shape index (κ1) is 12.6. The van der Waals surface area contributed by atoms with Crippen LogP contribution in [0.2, 0.25) is 0 Å². The maximum atomic E-state index is 10.7. The average Bonchev–Trinajstić information content (AvgIpc) is 2.72. The van der Waals surface area contributed by atoms with E-state index >= 15 is 0 Å². The van der Waals surface area contributed by atoms with Crippen molar-refractivity contribution in [1.29, 1.82) is 5.26 Å². The summed E-state index contributed by atoms with van der Waals surface area (Å²) in [6.07, 6.45) is 3.48. The topological polar surface area (TPSA) is 66.9 Å². The molecule has 18 heavy (non-hydrogen) atoms. The standard InChI is InChI=1S/C14H16N2O2/c1-11-5-6-14(8-11,10-15)9-12-3-2-4-13(7-12)16(17)18/h2-4,7,11H,5-6,8-9H2,1H3. The van der Waals surface area contributed by atoms with Gasteiger partial charge in [0.05, 0.1) is 16.4 Å². The molecule has 0 N–H and O–H groups in total. The summed E-state index contributed by atoms with van der Waals surface area (Å²) in [5, 5.41) is 20.1. The van der Waals surface area contributed by atoms with Gasteiger partial charge in [-0.2, -0.15) is 5.26 Å². The SMILES string of the molecule is CC1CCC(C#N)(Cc2cccc([N+](=O)[O-])c2)C1. The Labute approximate surface area is 106 Å². The molecule has 2 rings (SSSR count). The Kier molecular flexibility index (Phi) is 3.33. The number of benzene rings is 1. The van der Waals surface area contributed by atoms with Gasteiger partial charge in [-0.25, -0.2) is 0 Å². The first-order valence-corrected chi connectivity index (χ1v) is 6.19. The first-order valence-electron chi connectivity index (χ1n) is 6.19. The summed E-state index contributed by atoms with van der Waals surface area (Å²) < 4.78 is 0. The van der Waals surface area contributed by atoms with Crippen molar-refractivity contribution in [3.8, 4) is 6.07 Å². The molecule has 1 aliphatic rings. The number of non-ortho nitro benzene ring substituents is 1. The van der Waals surface area contributed by atoms with E-state index in [1.165, 1.54) is 6.07 Å². The molecule has 0 saturated heterocycles. The summed E-state index contributed by atoms with van der Waals surface area (Å²) in [6.45, 7) is 2.16. The van der Waals surface area contributed by atoms with Crippen LogP contribution in [0.5, 0.6) is 0 Å². The molecular formula is C14H16N2O2. The second-order valence-corrected chi connectivity index (χ2v) is 5.34. The second-order valence-electron chi connectivity index (χ2n) is 5.34. The van der Waals surface area contributed by atoms with E-state index in [0.717, 1.165) is 24.8 Å². The van der Waals surface area contributed by atoms with Crippen molar-refractivity contribution in [2.75, 3.05) is 0 Å². The lowest BCUT2D eigenvalue weighted by atomic mass is 9.81. The van der Waals surface area contributed by atoms with Gasteiger partial charge in [0.2, 0.25) is 0 Å². The van der Waals surface area contributed by atoms with Gasteiger partial charge in [0.1, 0.15) is 0 Å². The van der Waals surface area contributed by atoms with Crippen molar-refractivity contribution >= 4 is 5.69 Å². The molecule has 1 aromatic rings. The van der Waals surface area contributed by atoms with Crippen LogP contribution in [0.25, 0.3) is 0 Å². The zero-order valence-corrected chi connectivity index (χ0v) is 10.4. The number of hydrogen-bond acceptors (Lipinski definition) is 3. The average molecular weight is 244 g/mol. The highest BCUT2D eigenvalue weighted by atomic mass is 16.6. The summed E-state index contributed by atoms with van der Waals surface area (Å²) in [5.74, 6) is 0.573. The smallest absolute Gasteiger partial charge is 0.258 e. The van der Waals surface area contributed by atoms with E-state index < -0.39 is 0 Å². The minimum Gasteiger partial charge on any atom is -0.258 e. The third-order valence-electron chi connectivity index (χ3n) is 3.76. The van der Waals surface area contributed by atoms with Gasteiger partial charge in [-0.3, -0.25) is 10.1 Å². The van der Waals surface area contributed by atoms with Crippen LogP contribution in [0.1, 0.15) is 31.7 Å². The Morgan fingerprint density at radius 2 is 2.39 bits per heavy atom. The molecule has 1 fully saturated rings. The van der Waals surface area contributed by atoms with Gasteiger partial charge in [-0.1, -0.05) is 19.1 Å². The zero-order chi connectivity index (χ0) is 13.2. The van der Waals surface area contributed by atoms with Crippen molar-refractivity contribution in [1.82, 2.24) is 0 Å². The fourth-order valence-electron chi connectivity index (χ4n) is 2.87. The lowest BCUT2D eigenvalue weighted by Gasteiger charge is -2.20. The van der Waals surface area contributed by atoms with Gasteiger partial charge in [-0.15, -0.1) is 0 Å². The number of nitro groups is 1. The zero-order valence-electron chi connectivity index (χ0n) is 10.4. The second kappa shape index (κ2) is 4.77. The molecule has 4 heteroatoms. The molecule has 0 heterocycles. The lowest BCUT2D eigenvalue weighted by Crippen LogP contribution is -2.17. The summed E-state index contributed by atoms with van der Waals surface area (Å²) in [6, 6.07) is 9.07. The van der Waals surface area contributed by atoms with E-state index in [9.17, 15) is 15.4 Å². The van der Waals surface area contributed by atoms with Crippen LogP contribution in [0.3, 0.4) is 0 Å². The Bertz CT molecular complexity index is 507. The first-order chi connectivity index (χ1) is 8.54. The summed E-state index contributed by atoms with van der Waals surface area (Å²) in [4.78, 5) is 10.3. The van der Waals surface area contributed by atoms with E-state index in [2.05, 4.69) is 13.0 Å². The molecule has 0 amide bonds. The lowest BCUT2D eigenvalue weighted by molar-refractivity contribution is -0.384. The highest BCUT2D eigenvalue weighted by Gasteiger charge is 2.37. The van der Waals surface area contributed by atoms with Crippen molar-refractivity contribution in [3.05, 3.63) is 39.9 Å². The van der Waals surface area contributed by atoms with Gasteiger partial charge >= 0.3 is 0 Å². The van der Waals surface area contributed by atoms with Gasteiger partial charge in [0.15, 0.2) is 0 Å². The number of rotatable bonds is 3. The van der Waals surface area contributed by atoms with Crippen LogP contribution in [-0.2, 0) is 6.42 Å². The Morgan fingerprint density at radius 1 is 1.61 bits per heavy atom. The van der Waals surface area contributed by atoms with Crippen LogP contribution in [-0.4, -0.2) is 4.92 Å². The molecule has 1 aliphatic carbocycles. The molecule has 0 bridgehead atoms. The van der Waals surface area contributed by atoms with Crippen LogP contribution >= 0.6 is 0 Å². The molecule has 1 saturated carbocycles. The summed E-state index contributed by atoms with van der Waals surface area (Å²) in [5.41, 5.74) is 0.667. The predicted molar refractivity (Wildman–Crippen MR) is 67.9 cm³/mol. The van der Waals surface area contributed by atoms with E-state index in [-0.39, 0.29) is 16.0 Å². The number of nitrogens with zero attached hydrogens (tertiary/aromatic N) is 2. The molecular weight excluding hydrogens is 228 g/mol. The van der Waals surface area contributed by atoms with Crippen LogP contribution < -0.4 is 0 Å². The highest BCUT2D eigenvalue weighted by Crippen LogP contribution is 2.43. The minimum atomic E-state index is -0.389. The molecule has 0 aromatic heterocycles. The third-order valence-corrected chi connectivity index (χ3v) is 3.76. The monoisotopic (exact) mass is 244 g/mol. The maximum Gasteiger partial charge on any atom is 0.269 e. The number of nitriles is 1. The predicted octanol–water partition coefficient (Wildman–Crippen LogP) is 3.47. The third kappa shape index (κ3) is 2.51. The van der Waals surface area contributed by atoms with Crippen LogP contribution in [0.4, 0.5) is 5.69 Å². The Balaban J connectivity index is 2.21. The molecule has 4 nitrogen and oxygen atoms in total. The van der Waals surface area contributed by atoms with Crippen LogP contribution in [0.15, 0.2) is 24.3 Å². The number of hydrogen-bond donors (Lipinski definition) is 0. The molecule has 94 valence electrons.